The molecule has 0 aromatic heterocycles. The zero-order chi connectivity index (χ0) is 21.8. The fourth-order valence-corrected chi connectivity index (χ4v) is 4.87. The smallest absolute Gasteiger partial charge is 0.329 e. The topological polar surface area (TPSA) is 107 Å². The SMILES string of the molecule is CC(C)(C)N1C(=O)C2C(c3ccccc3O)NC(C(=O)O)(c3ccccc3)C2C1=O. The lowest BCUT2D eigenvalue weighted by Gasteiger charge is -2.35. The van der Waals surface area contributed by atoms with Crippen molar-refractivity contribution in [1.29, 1.82) is 0 Å². The van der Waals surface area contributed by atoms with E-state index in [2.05, 4.69) is 5.32 Å². The maximum Gasteiger partial charge on any atom is 0.329 e. The molecule has 4 atom stereocenters. The van der Waals surface area contributed by atoms with Crippen LogP contribution in [0.2, 0.25) is 0 Å². The number of hydrogen-bond donors (Lipinski definition) is 3. The third-order valence-corrected chi connectivity index (χ3v) is 6.07. The minimum atomic E-state index is -1.80. The van der Waals surface area contributed by atoms with Crippen molar-refractivity contribution in [2.75, 3.05) is 0 Å². The van der Waals surface area contributed by atoms with Crippen LogP contribution in [0, 0.1) is 11.8 Å². The number of carbonyl (C=O) groups is 3. The first-order chi connectivity index (χ1) is 14.1. The highest BCUT2D eigenvalue weighted by Crippen LogP contribution is 2.54. The number of carboxylic acids is 1. The van der Waals surface area contributed by atoms with Gasteiger partial charge in [-0.3, -0.25) is 19.8 Å². The minimum Gasteiger partial charge on any atom is -0.508 e. The molecule has 2 amide bonds. The standard InChI is InChI=1S/C23H24N2O5/c1-22(2,3)25-19(27)16-17(20(25)28)23(21(29)30,13-9-5-4-6-10-13)24-18(16)14-11-7-8-12-15(14)26/h4-12,16-18,24,26H,1-3H3,(H,29,30). The number of rotatable bonds is 3. The van der Waals surface area contributed by atoms with E-state index in [1.54, 1.807) is 69.3 Å². The first-order valence-electron chi connectivity index (χ1n) is 9.83. The Morgan fingerprint density at radius 3 is 2.17 bits per heavy atom. The second kappa shape index (κ2) is 6.67. The summed E-state index contributed by atoms with van der Waals surface area (Å²) in [6.07, 6.45) is 0. The molecule has 2 aromatic carbocycles. The number of nitrogens with one attached hydrogen (secondary N) is 1. The summed E-state index contributed by atoms with van der Waals surface area (Å²) in [6.45, 7) is 5.24. The molecular weight excluding hydrogens is 384 g/mol. The zero-order valence-electron chi connectivity index (χ0n) is 17.0. The molecular formula is C23H24N2O5. The van der Waals surface area contributed by atoms with Crippen LogP contribution in [0.4, 0.5) is 0 Å². The van der Waals surface area contributed by atoms with Crippen LogP contribution in [0.15, 0.2) is 54.6 Å². The number of amides is 2. The number of phenolic OH excluding ortho intramolecular Hbond substituents is 1. The highest BCUT2D eigenvalue weighted by atomic mass is 16.4. The lowest BCUT2D eigenvalue weighted by atomic mass is 9.75. The molecule has 30 heavy (non-hydrogen) atoms. The summed E-state index contributed by atoms with van der Waals surface area (Å²) in [7, 11) is 0. The number of para-hydroxylation sites is 1. The molecule has 156 valence electrons. The fraction of sp³-hybridized carbons (Fsp3) is 0.348. The Balaban J connectivity index is 1.98. The Hall–Kier alpha value is -3.19. The Morgan fingerprint density at radius 2 is 1.60 bits per heavy atom. The van der Waals surface area contributed by atoms with Gasteiger partial charge in [0.25, 0.3) is 0 Å². The van der Waals surface area contributed by atoms with Crippen molar-refractivity contribution in [3.63, 3.8) is 0 Å². The highest BCUT2D eigenvalue weighted by Gasteiger charge is 2.70. The molecule has 0 radical (unpaired) electrons. The summed E-state index contributed by atoms with van der Waals surface area (Å²) >= 11 is 0. The van der Waals surface area contributed by atoms with Gasteiger partial charge >= 0.3 is 5.97 Å². The van der Waals surface area contributed by atoms with Gasteiger partial charge in [-0.15, -0.1) is 0 Å². The number of nitrogens with zero attached hydrogens (tertiary/aromatic N) is 1. The number of hydrogen-bond acceptors (Lipinski definition) is 5. The van der Waals surface area contributed by atoms with E-state index >= 15 is 0 Å². The number of aliphatic carboxylic acids is 1. The quantitative estimate of drug-likeness (QED) is 0.674. The number of carboxylic acid groups (broad SMARTS) is 1. The molecule has 0 bridgehead atoms. The predicted molar refractivity (Wildman–Crippen MR) is 108 cm³/mol. The van der Waals surface area contributed by atoms with Crippen molar-refractivity contribution in [3.8, 4) is 5.75 Å². The summed E-state index contributed by atoms with van der Waals surface area (Å²) in [4.78, 5) is 40.9. The average Bonchev–Trinajstić information content (AvgIpc) is 3.17. The van der Waals surface area contributed by atoms with Crippen LogP contribution < -0.4 is 5.32 Å². The van der Waals surface area contributed by atoms with Crippen molar-refractivity contribution in [2.24, 2.45) is 11.8 Å². The van der Waals surface area contributed by atoms with Gasteiger partial charge in [0.1, 0.15) is 5.75 Å². The Bertz CT molecular complexity index is 1030. The lowest BCUT2D eigenvalue weighted by Crippen LogP contribution is -2.55. The molecule has 2 heterocycles. The predicted octanol–water partition coefficient (Wildman–Crippen LogP) is 2.42. The van der Waals surface area contributed by atoms with Gasteiger partial charge in [-0.25, -0.2) is 4.79 Å². The molecule has 2 aliphatic heterocycles. The van der Waals surface area contributed by atoms with Gasteiger partial charge in [-0.2, -0.15) is 0 Å². The van der Waals surface area contributed by atoms with Gasteiger partial charge in [0, 0.05) is 17.1 Å². The number of carbonyl (C=O) groups excluding carboxylic acids is 2. The summed E-state index contributed by atoms with van der Waals surface area (Å²) < 4.78 is 0. The fourth-order valence-electron chi connectivity index (χ4n) is 4.87. The van der Waals surface area contributed by atoms with Crippen LogP contribution in [-0.2, 0) is 19.9 Å². The van der Waals surface area contributed by atoms with Crippen molar-refractivity contribution < 1.29 is 24.6 Å². The Labute approximate surface area is 174 Å². The first kappa shape index (κ1) is 20.1. The number of imide groups is 1. The molecule has 0 spiro atoms. The summed E-state index contributed by atoms with van der Waals surface area (Å²) in [5.74, 6) is -4.35. The van der Waals surface area contributed by atoms with E-state index in [4.69, 9.17) is 0 Å². The molecule has 7 nitrogen and oxygen atoms in total. The van der Waals surface area contributed by atoms with E-state index in [9.17, 15) is 24.6 Å². The normalized spacial score (nSPS) is 28.6. The first-order valence-corrected chi connectivity index (χ1v) is 9.83. The summed E-state index contributed by atoms with van der Waals surface area (Å²) in [5, 5.41) is 23.9. The van der Waals surface area contributed by atoms with Crippen LogP contribution in [-0.4, -0.2) is 38.4 Å². The van der Waals surface area contributed by atoms with Gasteiger partial charge in [-0.1, -0.05) is 48.5 Å². The van der Waals surface area contributed by atoms with Crippen LogP contribution in [0.1, 0.15) is 37.9 Å². The number of aromatic hydroxyl groups is 1. The van der Waals surface area contributed by atoms with E-state index in [1.165, 1.54) is 11.0 Å². The van der Waals surface area contributed by atoms with Crippen molar-refractivity contribution in [1.82, 2.24) is 10.2 Å². The van der Waals surface area contributed by atoms with E-state index in [1.807, 2.05) is 0 Å². The zero-order valence-corrected chi connectivity index (χ0v) is 17.0. The number of phenols is 1. The molecule has 0 saturated carbocycles. The third kappa shape index (κ3) is 2.65. The van der Waals surface area contributed by atoms with Gasteiger partial charge in [-0.05, 0) is 32.4 Å². The van der Waals surface area contributed by atoms with Gasteiger partial charge in [0.2, 0.25) is 11.8 Å². The second-order valence-corrected chi connectivity index (χ2v) is 8.85. The summed E-state index contributed by atoms with van der Waals surface area (Å²) in [6, 6.07) is 14.1. The van der Waals surface area contributed by atoms with Gasteiger partial charge in [0.15, 0.2) is 5.54 Å². The second-order valence-electron chi connectivity index (χ2n) is 8.85. The van der Waals surface area contributed by atoms with E-state index in [0.717, 1.165) is 0 Å². The molecule has 4 rings (SSSR count). The van der Waals surface area contributed by atoms with Gasteiger partial charge < -0.3 is 10.2 Å². The van der Waals surface area contributed by atoms with Crippen LogP contribution in [0.3, 0.4) is 0 Å². The largest absolute Gasteiger partial charge is 0.508 e. The third-order valence-electron chi connectivity index (χ3n) is 6.07. The molecule has 2 fully saturated rings. The molecule has 2 saturated heterocycles. The monoisotopic (exact) mass is 408 g/mol. The Morgan fingerprint density at radius 1 is 1.00 bits per heavy atom. The lowest BCUT2D eigenvalue weighted by molar-refractivity contribution is -0.154. The maximum absolute atomic E-state index is 13.5. The molecule has 4 unspecified atom stereocenters. The van der Waals surface area contributed by atoms with Crippen LogP contribution in [0.5, 0.6) is 5.75 Å². The van der Waals surface area contributed by atoms with Gasteiger partial charge in [0.05, 0.1) is 11.8 Å². The molecule has 0 aliphatic carbocycles. The molecule has 3 N–H and O–H groups in total. The van der Waals surface area contributed by atoms with Crippen LogP contribution >= 0.6 is 0 Å². The van der Waals surface area contributed by atoms with Crippen LogP contribution in [0.25, 0.3) is 0 Å². The highest BCUT2D eigenvalue weighted by molar-refractivity contribution is 6.10. The van der Waals surface area contributed by atoms with E-state index in [-0.39, 0.29) is 5.75 Å². The van der Waals surface area contributed by atoms with Crippen molar-refractivity contribution >= 4 is 17.8 Å². The maximum atomic E-state index is 13.5. The average molecular weight is 408 g/mol. The summed E-state index contributed by atoms with van der Waals surface area (Å²) in [5.41, 5.74) is -1.82. The van der Waals surface area contributed by atoms with E-state index in [0.29, 0.717) is 11.1 Å². The van der Waals surface area contributed by atoms with Crippen molar-refractivity contribution in [3.05, 3.63) is 65.7 Å². The number of likely N-dealkylation sites (tertiary alicyclic amines) is 1. The number of benzene rings is 2. The molecule has 2 aliphatic rings. The minimum absolute atomic E-state index is 0.0579. The number of fused-ring (bicyclic) bond motifs is 1. The molecule has 7 heteroatoms. The van der Waals surface area contributed by atoms with Crippen molar-refractivity contribution in [2.45, 2.75) is 37.9 Å². The molecule has 2 aromatic rings. The van der Waals surface area contributed by atoms with E-state index < -0.39 is 46.7 Å². The Kier molecular flexibility index (Phi) is 4.47.